The molecular weight excluding hydrogens is 522 g/mol. The first-order chi connectivity index (χ1) is 20.1. The molecule has 1 atom stereocenters. The van der Waals surface area contributed by atoms with E-state index in [4.69, 9.17) is 0 Å². The highest BCUT2D eigenvalue weighted by Gasteiger charge is 2.23. The fraction of sp³-hybridized carbons (Fsp3) is 0.842. The molecule has 0 radical (unpaired) electrons. The van der Waals surface area contributed by atoms with E-state index in [1.807, 2.05) is 0 Å². The number of phenolic OH excluding ortho intramolecular Hbond substituents is 1. The lowest BCUT2D eigenvalue weighted by Crippen LogP contribution is -2.16. The van der Waals surface area contributed by atoms with Crippen molar-refractivity contribution in [1.82, 2.24) is 0 Å². The van der Waals surface area contributed by atoms with Crippen LogP contribution in [0.5, 0.6) is 5.75 Å². The molecule has 1 nitrogen and oxygen atoms in total. The van der Waals surface area contributed by atoms with E-state index in [-0.39, 0.29) is 5.82 Å². The van der Waals surface area contributed by atoms with Crippen molar-refractivity contribution in [3.05, 3.63) is 22.5 Å². The molecule has 0 aromatic heterocycles. The number of hydrogen-bond donors (Lipinski definition) is 1. The largest absolute Gasteiger partial charge is 0.507 e. The Balaban J connectivity index is 2.80. The fourth-order valence-electron chi connectivity index (χ4n) is 6.18. The number of benzene rings is 1. The standard InChI is InChI=1S/C38H70FOP/c1-5-9-13-17-18-19-20-21-22-23-24-28-32-41-38-35(31-27-16-12-8-4)36(39)33(29-25-14-10-6-2)34(37(38)40)30-26-15-11-7-3/h40-41H,5-32H2,1-4H3. The van der Waals surface area contributed by atoms with Gasteiger partial charge in [0.1, 0.15) is 11.6 Å². The fourth-order valence-corrected chi connectivity index (χ4v) is 7.62. The van der Waals surface area contributed by atoms with E-state index < -0.39 is 0 Å². The van der Waals surface area contributed by atoms with Crippen molar-refractivity contribution in [3.63, 3.8) is 0 Å². The third-order valence-corrected chi connectivity index (χ3v) is 10.4. The molecule has 1 N–H and O–H groups in total. The van der Waals surface area contributed by atoms with E-state index in [1.54, 1.807) is 0 Å². The molecule has 3 heteroatoms. The number of rotatable bonds is 29. The van der Waals surface area contributed by atoms with E-state index in [1.165, 1.54) is 122 Å². The summed E-state index contributed by atoms with van der Waals surface area (Å²) in [6, 6.07) is 0. The highest BCUT2D eigenvalue weighted by atomic mass is 31.1. The van der Waals surface area contributed by atoms with Crippen molar-refractivity contribution in [1.29, 1.82) is 0 Å². The third-order valence-electron chi connectivity index (χ3n) is 8.89. The van der Waals surface area contributed by atoms with Gasteiger partial charge < -0.3 is 5.11 Å². The summed E-state index contributed by atoms with van der Waals surface area (Å²) in [6.07, 6.45) is 33.7. The molecule has 1 unspecified atom stereocenters. The molecule has 0 saturated heterocycles. The first kappa shape index (κ1) is 38.4. The topological polar surface area (TPSA) is 20.2 Å². The zero-order chi connectivity index (χ0) is 30.0. The predicted octanol–water partition coefficient (Wildman–Crippen LogP) is 12.9. The second-order valence-corrected chi connectivity index (χ2v) is 14.1. The van der Waals surface area contributed by atoms with E-state index >= 15 is 4.39 Å². The van der Waals surface area contributed by atoms with Crippen LogP contribution in [0.1, 0.15) is 198 Å². The molecular formula is C38H70FOP. The van der Waals surface area contributed by atoms with Gasteiger partial charge in [-0.25, -0.2) is 4.39 Å². The normalized spacial score (nSPS) is 11.8. The first-order valence-electron chi connectivity index (χ1n) is 18.4. The monoisotopic (exact) mass is 593 g/mol. The first-order valence-corrected chi connectivity index (χ1v) is 19.6. The number of hydrogen-bond acceptors (Lipinski definition) is 1. The summed E-state index contributed by atoms with van der Waals surface area (Å²) in [5, 5.41) is 12.7. The average Bonchev–Trinajstić information content (AvgIpc) is 2.97. The number of halogens is 1. The van der Waals surface area contributed by atoms with Crippen molar-refractivity contribution >= 4 is 13.9 Å². The zero-order valence-electron chi connectivity index (χ0n) is 28.1. The summed E-state index contributed by atoms with van der Waals surface area (Å²) in [5.41, 5.74) is 2.70. The smallest absolute Gasteiger partial charge is 0.130 e. The van der Waals surface area contributed by atoms with Crippen LogP contribution in [0.15, 0.2) is 0 Å². The number of unbranched alkanes of at least 4 members (excludes halogenated alkanes) is 20. The van der Waals surface area contributed by atoms with Gasteiger partial charge in [-0.2, -0.15) is 0 Å². The van der Waals surface area contributed by atoms with Gasteiger partial charge >= 0.3 is 0 Å². The van der Waals surface area contributed by atoms with Crippen molar-refractivity contribution in [2.24, 2.45) is 0 Å². The Bertz CT molecular complexity index is 747. The molecule has 1 rings (SSSR count). The molecule has 0 bridgehead atoms. The van der Waals surface area contributed by atoms with Gasteiger partial charge in [-0.05, 0) is 62.2 Å². The van der Waals surface area contributed by atoms with Crippen LogP contribution in [0, 0.1) is 5.82 Å². The van der Waals surface area contributed by atoms with Gasteiger partial charge in [-0.3, -0.25) is 0 Å². The van der Waals surface area contributed by atoms with Crippen LogP contribution in [0.4, 0.5) is 4.39 Å². The molecule has 41 heavy (non-hydrogen) atoms. The highest BCUT2D eigenvalue weighted by molar-refractivity contribution is 7.47. The summed E-state index contributed by atoms with van der Waals surface area (Å²) in [6.45, 7) is 8.98. The molecule has 0 spiro atoms. The maximum atomic E-state index is 16.3. The van der Waals surface area contributed by atoms with Crippen LogP contribution < -0.4 is 5.30 Å². The quantitative estimate of drug-likeness (QED) is 0.0724. The maximum Gasteiger partial charge on any atom is 0.130 e. The molecule has 1 aromatic carbocycles. The molecule has 0 fully saturated rings. The number of phenols is 1. The molecule has 0 aliphatic rings. The Morgan fingerprint density at radius 1 is 0.439 bits per heavy atom. The SMILES string of the molecule is CCCCCCCCCCCCCCPc1c(O)c(CCCCCC)c(CCCCCC)c(F)c1CCCCCC. The minimum atomic E-state index is 0.0542. The lowest BCUT2D eigenvalue weighted by Gasteiger charge is -2.21. The average molecular weight is 593 g/mol. The Morgan fingerprint density at radius 2 is 0.780 bits per heavy atom. The summed E-state index contributed by atoms with van der Waals surface area (Å²) in [7, 11) is 0.533. The van der Waals surface area contributed by atoms with Crippen LogP contribution in [-0.4, -0.2) is 11.3 Å². The van der Waals surface area contributed by atoms with E-state index in [9.17, 15) is 5.11 Å². The van der Waals surface area contributed by atoms with Crippen LogP contribution in [-0.2, 0) is 19.3 Å². The lowest BCUT2D eigenvalue weighted by atomic mass is 9.91. The third kappa shape index (κ3) is 17.3. The van der Waals surface area contributed by atoms with Gasteiger partial charge in [-0.15, -0.1) is 0 Å². The van der Waals surface area contributed by atoms with Crippen molar-refractivity contribution in [2.45, 2.75) is 201 Å². The molecule has 1 aromatic rings. The summed E-state index contributed by atoms with van der Waals surface area (Å²) < 4.78 is 16.3. The molecule has 240 valence electrons. The van der Waals surface area contributed by atoms with Crippen LogP contribution in [0.2, 0.25) is 0 Å². The minimum absolute atomic E-state index is 0.0542. The Morgan fingerprint density at radius 3 is 1.22 bits per heavy atom. The van der Waals surface area contributed by atoms with Gasteiger partial charge in [0.05, 0.1) is 0 Å². The maximum absolute atomic E-state index is 16.3. The van der Waals surface area contributed by atoms with Gasteiger partial charge in [-0.1, -0.05) is 165 Å². The van der Waals surface area contributed by atoms with Crippen LogP contribution in [0.3, 0.4) is 0 Å². The second kappa shape index (κ2) is 27.0. The van der Waals surface area contributed by atoms with E-state index in [0.29, 0.717) is 14.3 Å². The van der Waals surface area contributed by atoms with Crippen molar-refractivity contribution < 1.29 is 9.50 Å². The molecule has 0 saturated carbocycles. The molecule has 0 aliphatic carbocycles. The zero-order valence-corrected chi connectivity index (χ0v) is 29.1. The predicted molar refractivity (Wildman–Crippen MR) is 185 cm³/mol. The summed E-state index contributed by atoms with van der Waals surface area (Å²) in [5.74, 6) is 0.537. The molecule has 0 heterocycles. The number of aromatic hydroxyl groups is 1. The van der Waals surface area contributed by atoms with E-state index in [0.717, 1.165) is 79.5 Å². The minimum Gasteiger partial charge on any atom is -0.507 e. The van der Waals surface area contributed by atoms with Crippen LogP contribution in [0.25, 0.3) is 0 Å². The van der Waals surface area contributed by atoms with Gasteiger partial charge in [0.25, 0.3) is 0 Å². The van der Waals surface area contributed by atoms with Gasteiger partial charge in [0.2, 0.25) is 0 Å². The van der Waals surface area contributed by atoms with Gasteiger partial charge in [0.15, 0.2) is 0 Å². The van der Waals surface area contributed by atoms with E-state index in [2.05, 4.69) is 27.7 Å². The summed E-state index contributed by atoms with van der Waals surface area (Å²) >= 11 is 0. The Kier molecular flexibility index (Phi) is 25.3. The van der Waals surface area contributed by atoms with Crippen LogP contribution >= 0.6 is 8.58 Å². The van der Waals surface area contributed by atoms with Crippen molar-refractivity contribution in [3.8, 4) is 5.75 Å². The molecule has 0 amide bonds. The summed E-state index contributed by atoms with van der Waals surface area (Å²) in [4.78, 5) is 0. The highest BCUT2D eigenvalue weighted by Crippen LogP contribution is 2.35. The Labute approximate surface area is 258 Å². The Hall–Kier alpha value is -0.620. The lowest BCUT2D eigenvalue weighted by molar-refractivity contribution is 0.462. The second-order valence-electron chi connectivity index (χ2n) is 12.7. The molecule has 0 aliphatic heterocycles. The van der Waals surface area contributed by atoms with Gasteiger partial charge in [0, 0.05) is 10.9 Å². The van der Waals surface area contributed by atoms with Crippen molar-refractivity contribution in [2.75, 3.05) is 6.16 Å².